The molecule has 1 aromatic heterocycles. The van der Waals surface area contributed by atoms with Crippen molar-refractivity contribution in [2.24, 2.45) is 0 Å². The molecular weight excluding hydrogens is 190 g/mol. The quantitative estimate of drug-likeness (QED) is 0.691. The average molecular weight is 203 g/mol. The minimum Gasteiger partial charge on any atom is -0.229 e. The summed E-state index contributed by atoms with van der Waals surface area (Å²) in [6.45, 7) is 3.30. The Morgan fingerprint density at radius 2 is 1.23 bits per heavy atom. The van der Waals surface area contributed by atoms with E-state index in [0.717, 1.165) is 0 Å². The van der Waals surface area contributed by atoms with Crippen molar-refractivity contribution >= 4 is 9.84 Å². The first-order valence-electron chi connectivity index (χ1n) is 3.87. The summed E-state index contributed by atoms with van der Waals surface area (Å²) in [6, 6.07) is 0. The molecule has 0 amide bonds. The van der Waals surface area contributed by atoms with Crippen molar-refractivity contribution in [2.45, 2.75) is 13.8 Å². The lowest BCUT2D eigenvalue weighted by Gasteiger charge is -1.89. The fourth-order valence-electron chi connectivity index (χ4n) is 0.409. The van der Waals surface area contributed by atoms with Crippen LogP contribution in [-0.2, 0) is 9.84 Å². The fourth-order valence-corrected chi connectivity index (χ4v) is 0.817. The van der Waals surface area contributed by atoms with Crippen LogP contribution in [0, 0.1) is 0 Å². The monoisotopic (exact) mass is 203 g/mol. The minimum absolute atomic E-state index is 0.267. The Labute approximate surface area is 78.2 Å². The molecule has 1 rings (SSSR count). The SMILES string of the molecule is CCS(=O)(=O)CC.c1ncncn1. The van der Waals surface area contributed by atoms with Crippen molar-refractivity contribution in [2.75, 3.05) is 11.5 Å². The zero-order valence-electron chi connectivity index (χ0n) is 7.71. The molecule has 5 nitrogen and oxygen atoms in total. The molecule has 0 atom stereocenters. The number of hydrogen-bond donors (Lipinski definition) is 0. The second kappa shape index (κ2) is 6.47. The predicted octanol–water partition coefficient (Wildman–Crippen LogP) is 0.313. The van der Waals surface area contributed by atoms with Gasteiger partial charge in [0.15, 0.2) is 0 Å². The largest absolute Gasteiger partial charge is 0.229 e. The normalized spacial score (nSPS) is 10.0. The third-order valence-corrected chi connectivity index (χ3v) is 3.04. The number of rotatable bonds is 2. The summed E-state index contributed by atoms with van der Waals surface area (Å²) in [4.78, 5) is 10.7. The smallest absolute Gasteiger partial charge is 0.149 e. The fraction of sp³-hybridized carbons (Fsp3) is 0.571. The van der Waals surface area contributed by atoms with E-state index in [1.54, 1.807) is 13.8 Å². The molecule has 0 unspecified atom stereocenters. The Kier molecular flexibility index (Phi) is 5.96. The van der Waals surface area contributed by atoms with Gasteiger partial charge in [-0.2, -0.15) is 0 Å². The molecule has 0 fully saturated rings. The van der Waals surface area contributed by atoms with Gasteiger partial charge in [0.1, 0.15) is 28.8 Å². The van der Waals surface area contributed by atoms with E-state index < -0.39 is 9.84 Å². The number of hydrogen-bond acceptors (Lipinski definition) is 5. The molecule has 0 N–H and O–H groups in total. The van der Waals surface area contributed by atoms with Gasteiger partial charge < -0.3 is 0 Å². The molecule has 0 aliphatic carbocycles. The summed E-state index contributed by atoms with van der Waals surface area (Å²) >= 11 is 0. The molecule has 0 saturated carbocycles. The van der Waals surface area contributed by atoms with Gasteiger partial charge in [-0.15, -0.1) is 0 Å². The molecule has 0 radical (unpaired) electrons. The van der Waals surface area contributed by atoms with E-state index in [0.29, 0.717) is 0 Å². The van der Waals surface area contributed by atoms with E-state index in [2.05, 4.69) is 15.0 Å². The van der Waals surface area contributed by atoms with Gasteiger partial charge in [-0.05, 0) is 0 Å². The summed E-state index contributed by atoms with van der Waals surface area (Å²) in [5.41, 5.74) is 0. The molecule has 6 heteroatoms. The molecule has 0 bridgehead atoms. The van der Waals surface area contributed by atoms with Gasteiger partial charge in [0.2, 0.25) is 0 Å². The van der Waals surface area contributed by atoms with Crippen LogP contribution in [0.1, 0.15) is 13.8 Å². The highest BCUT2D eigenvalue weighted by Gasteiger charge is 1.99. The summed E-state index contributed by atoms with van der Waals surface area (Å²) < 4.78 is 20.7. The highest BCUT2D eigenvalue weighted by Crippen LogP contribution is 1.84. The Morgan fingerprint density at radius 1 is 0.923 bits per heavy atom. The number of sulfone groups is 1. The maximum absolute atomic E-state index is 10.4. The van der Waals surface area contributed by atoms with Crippen LogP contribution in [0.4, 0.5) is 0 Å². The lowest BCUT2D eigenvalue weighted by Crippen LogP contribution is -2.04. The zero-order chi connectivity index (χ0) is 10.2. The van der Waals surface area contributed by atoms with Crippen LogP contribution in [0.25, 0.3) is 0 Å². The first-order valence-corrected chi connectivity index (χ1v) is 5.70. The summed E-state index contributed by atoms with van der Waals surface area (Å²) in [5.74, 6) is 0.535. The molecule has 0 aliphatic heterocycles. The van der Waals surface area contributed by atoms with Gasteiger partial charge in [0, 0.05) is 11.5 Å². The predicted molar refractivity (Wildman–Crippen MR) is 49.8 cm³/mol. The lowest BCUT2D eigenvalue weighted by molar-refractivity contribution is 0.598. The molecule has 0 spiro atoms. The third-order valence-electron chi connectivity index (χ3n) is 1.28. The Balaban J connectivity index is 0.000000223. The van der Waals surface area contributed by atoms with Crippen molar-refractivity contribution in [3.8, 4) is 0 Å². The van der Waals surface area contributed by atoms with Crippen LogP contribution < -0.4 is 0 Å². The average Bonchev–Trinajstić information content (AvgIpc) is 2.21. The van der Waals surface area contributed by atoms with Crippen molar-refractivity contribution in [1.82, 2.24) is 15.0 Å². The maximum atomic E-state index is 10.4. The highest BCUT2D eigenvalue weighted by molar-refractivity contribution is 7.91. The maximum Gasteiger partial charge on any atom is 0.149 e. The summed E-state index contributed by atoms with van der Waals surface area (Å²) in [6.07, 6.45) is 4.31. The van der Waals surface area contributed by atoms with Crippen LogP contribution in [0.3, 0.4) is 0 Å². The van der Waals surface area contributed by atoms with Gasteiger partial charge in [-0.3, -0.25) is 0 Å². The first kappa shape index (κ1) is 12.0. The van der Waals surface area contributed by atoms with Crippen molar-refractivity contribution < 1.29 is 8.42 Å². The highest BCUT2D eigenvalue weighted by atomic mass is 32.2. The first-order chi connectivity index (χ1) is 6.12. The topological polar surface area (TPSA) is 72.8 Å². The zero-order valence-corrected chi connectivity index (χ0v) is 8.53. The molecule has 0 aliphatic rings. The molecule has 1 heterocycles. The van der Waals surface area contributed by atoms with Gasteiger partial charge in [-0.25, -0.2) is 23.4 Å². The summed E-state index contributed by atoms with van der Waals surface area (Å²) in [7, 11) is -2.66. The Hall–Kier alpha value is -1.04. The van der Waals surface area contributed by atoms with Crippen LogP contribution >= 0.6 is 0 Å². The Morgan fingerprint density at radius 3 is 1.31 bits per heavy atom. The molecule has 74 valence electrons. The van der Waals surface area contributed by atoms with Gasteiger partial charge >= 0.3 is 0 Å². The van der Waals surface area contributed by atoms with Gasteiger partial charge in [0.25, 0.3) is 0 Å². The molecule has 0 aromatic carbocycles. The second-order valence-corrected chi connectivity index (χ2v) is 4.76. The van der Waals surface area contributed by atoms with Crippen molar-refractivity contribution in [3.05, 3.63) is 19.0 Å². The molecule has 0 saturated heterocycles. The van der Waals surface area contributed by atoms with Crippen LogP contribution in [0.2, 0.25) is 0 Å². The van der Waals surface area contributed by atoms with Gasteiger partial charge in [0.05, 0.1) is 0 Å². The number of nitrogens with zero attached hydrogens (tertiary/aromatic N) is 3. The van der Waals surface area contributed by atoms with Crippen molar-refractivity contribution in [1.29, 1.82) is 0 Å². The molecular formula is C7H13N3O2S. The van der Waals surface area contributed by atoms with E-state index in [4.69, 9.17) is 0 Å². The van der Waals surface area contributed by atoms with E-state index >= 15 is 0 Å². The Bertz CT molecular complexity index is 262. The van der Waals surface area contributed by atoms with Crippen LogP contribution in [0.5, 0.6) is 0 Å². The summed E-state index contributed by atoms with van der Waals surface area (Å²) in [5, 5.41) is 0. The number of aromatic nitrogens is 3. The molecule has 13 heavy (non-hydrogen) atoms. The third kappa shape index (κ3) is 7.32. The molecule has 1 aromatic rings. The minimum atomic E-state index is -2.66. The van der Waals surface area contributed by atoms with Gasteiger partial charge in [-0.1, -0.05) is 13.8 Å². The van der Waals surface area contributed by atoms with E-state index in [1.807, 2.05) is 0 Å². The lowest BCUT2D eigenvalue weighted by atomic mass is 11.0. The van der Waals surface area contributed by atoms with Crippen molar-refractivity contribution in [3.63, 3.8) is 0 Å². The van der Waals surface area contributed by atoms with Crippen LogP contribution in [0.15, 0.2) is 19.0 Å². The van der Waals surface area contributed by atoms with Crippen LogP contribution in [-0.4, -0.2) is 34.9 Å². The van der Waals surface area contributed by atoms with E-state index in [1.165, 1.54) is 19.0 Å². The van der Waals surface area contributed by atoms with E-state index in [-0.39, 0.29) is 11.5 Å². The standard InChI is InChI=1S/C4H10O2S.C3H3N3/c1-3-7(5,6)4-2;1-4-2-6-3-5-1/h3-4H2,1-2H3;1-3H. The second-order valence-electron chi connectivity index (χ2n) is 2.11. The van der Waals surface area contributed by atoms with E-state index in [9.17, 15) is 8.42 Å².